The molecule has 9 heteroatoms. The summed E-state index contributed by atoms with van der Waals surface area (Å²) in [5.41, 5.74) is 2.35. The molecule has 2 aliphatic heterocycles. The van der Waals surface area contributed by atoms with Crippen LogP contribution in [-0.4, -0.2) is 46.1 Å². The number of carbonyl (C=O) groups excluding carboxylic acids is 3. The first-order valence-corrected chi connectivity index (χ1v) is 13.1. The van der Waals surface area contributed by atoms with E-state index >= 15 is 0 Å². The van der Waals surface area contributed by atoms with Crippen molar-refractivity contribution >= 4 is 40.9 Å². The van der Waals surface area contributed by atoms with Crippen LogP contribution in [0.4, 0.5) is 0 Å². The number of ether oxygens (including phenoxy) is 1. The number of H-pyrrole nitrogens is 1. The molecule has 0 spiro atoms. The molecule has 2 aromatic rings. The predicted octanol–water partition coefficient (Wildman–Crippen LogP) is 2.78. The lowest BCUT2D eigenvalue weighted by Gasteiger charge is -2.43. The van der Waals surface area contributed by atoms with Crippen LogP contribution in [0.15, 0.2) is 34.1 Å². The van der Waals surface area contributed by atoms with Gasteiger partial charge in [0.25, 0.3) is 0 Å². The molecular weight excluding hydrogens is 460 g/mol. The lowest BCUT2D eigenvalue weighted by atomic mass is 9.67. The number of benzene rings is 1. The van der Waals surface area contributed by atoms with Crippen LogP contribution in [-0.2, 0) is 19.1 Å². The number of thioether (sulfide) groups is 1. The Balaban J connectivity index is 1.41. The summed E-state index contributed by atoms with van der Waals surface area (Å²) in [4.78, 5) is 56.2. The number of nitrogens with one attached hydrogen (secondary N) is 1. The molecule has 7 unspecified atom stereocenters. The van der Waals surface area contributed by atoms with E-state index in [1.807, 2.05) is 12.1 Å². The number of carbonyl (C=O) groups is 3. The third-order valence-corrected chi connectivity index (χ3v) is 10.5. The van der Waals surface area contributed by atoms with Gasteiger partial charge in [-0.15, -0.1) is 11.8 Å². The number of thiazole rings is 1. The molecule has 2 amide bonds. The van der Waals surface area contributed by atoms with Crippen LogP contribution >= 0.6 is 23.1 Å². The Labute approximate surface area is 198 Å². The van der Waals surface area contributed by atoms with Crippen molar-refractivity contribution in [1.29, 1.82) is 0 Å². The van der Waals surface area contributed by atoms with Gasteiger partial charge in [-0.2, -0.15) is 0 Å². The van der Waals surface area contributed by atoms with Crippen LogP contribution in [0.5, 0.6) is 0 Å². The highest BCUT2D eigenvalue weighted by atomic mass is 32.2. The minimum Gasteiger partial charge on any atom is -0.465 e. The average Bonchev–Trinajstić information content (AvgIpc) is 3.50. The molecule has 4 aliphatic rings. The molecule has 6 rings (SSSR count). The maximum absolute atomic E-state index is 13.4. The van der Waals surface area contributed by atoms with Crippen molar-refractivity contribution in [3.63, 3.8) is 0 Å². The zero-order valence-electron chi connectivity index (χ0n) is 18.3. The van der Waals surface area contributed by atoms with E-state index in [0.717, 1.165) is 26.8 Å². The van der Waals surface area contributed by atoms with E-state index in [1.165, 1.54) is 16.9 Å². The number of hydrogen-bond acceptors (Lipinski definition) is 7. The van der Waals surface area contributed by atoms with Gasteiger partial charge in [-0.1, -0.05) is 35.6 Å². The van der Waals surface area contributed by atoms with E-state index in [4.69, 9.17) is 4.74 Å². The molecule has 33 heavy (non-hydrogen) atoms. The van der Waals surface area contributed by atoms with Crippen molar-refractivity contribution in [1.82, 2.24) is 9.88 Å². The van der Waals surface area contributed by atoms with Crippen molar-refractivity contribution in [2.24, 2.45) is 29.6 Å². The average molecular weight is 485 g/mol. The van der Waals surface area contributed by atoms with Crippen LogP contribution in [0, 0.1) is 36.5 Å². The van der Waals surface area contributed by atoms with Gasteiger partial charge in [0, 0.05) is 16.0 Å². The summed E-state index contributed by atoms with van der Waals surface area (Å²) < 4.78 is 5.00. The summed E-state index contributed by atoms with van der Waals surface area (Å²) in [7, 11) is 0. The Kier molecular flexibility index (Phi) is 4.85. The van der Waals surface area contributed by atoms with E-state index in [9.17, 15) is 19.2 Å². The lowest BCUT2D eigenvalue weighted by molar-refractivity contribution is -0.153. The Morgan fingerprint density at radius 3 is 2.61 bits per heavy atom. The molecule has 172 valence electrons. The van der Waals surface area contributed by atoms with E-state index in [2.05, 4.69) is 24.0 Å². The number of rotatable bonds is 4. The molecule has 2 aliphatic carbocycles. The Morgan fingerprint density at radius 2 is 1.88 bits per heavy atom. The molecule has 1 saturated heterocycles. The van der Waals surface area contributed by atoms with Gasteiger partial charge >= 0.3 is 10.8 Å². The van der Waals surface area contributed by atoms with Crippen molar-refractivity contribution in [3.05, 3.63) is 49.9 Å². The van der Waals surface area contributed by atoms with Crippen LogP contribution in [0.25, 0.3) is 0 Å². The predicted molar refractivity (Wildman–Crippen MR) is 123 cm³/mol. The fourth-order valence-corrected chi connectivity index (χ4v) is 9.73. The van der Waals surface area contributed by atoms with Gasteiger partial charge < -0.3 is 9.72 Å². The number of fused-ring (bicyclic) bond motifs is 9. The number of imide groups is 1. The maximum Gasteiger partial charge on any atom is 0.326 e. The molecule has 2 bridgehead atoms. The zero-order valence-corrected chi connectivity index (χ0v) is 19.9. The minimum atomic E-state index is -0.546. The van der Waals surface area contributed by atoms with Gasteiger partial charge in [-0.3, -0.25) is 24.1 Å². The van der Waals surface area contributed by atoms with Crippen LogP contribution in [0.1, 0.15) is 35.3 Å². The lowest BCUT2D eigenvalue weighted by Crippen LogP contribution is -2.42. The molecule has 3 heterocycles. The van der Waals surface area contributed by atoms with E-state index in [-0.39, 0.29) is 70.6 Å². The highest BCUT2D eigenvalue weighted by Gasteiger charge is 2.69. The van der Waals surface area contributed by atoms with Crippen molar-refractivity contribution in [3.8, 4) is 0 Å². The topological polar surface area (TPSA) is 96.5 Å². The smallest absolute Gasteiger partial charge is 0.326 e. The van der Waals surface area contributed by atoms with Gasteiger partial charge in [0.15, 0.2) is 0 Å². The first-order valence-electron chi connectivity index (χ1n) is 11.4. The molecule has 1 N–H and O–H groups in total. The Hall–Kier alpha value is -2.39. The largest absolute Gasteiger partial charge is 0.465 e. The fourth-order valence-electron chi connectivity index (χ4n) is 6.85. The summed E-state index contributed by atoms with van der Waals surface area (Å²) in [6, 6.07) is 8.24. The Morgan fingerprint density at radius 1 is 1.15 bits per heavy atom. The van der Waals surface area contributed by atoms with Gasteiger partial charge in [0.2, 0.25) is 11.8 Å². The van der Waals surface area contributed by atoms with Gasteiger partial charge in [-0.25, -0.2) is 0 Å². The molecular formula is C24H24N2O5S2. The number of aromatic amines is 1. The quantitative estimate of drug-likeness (QED) is 0.530. The van der Waals surface area contributed by atoms with Crippen LogP contribution in [0.3, 0.4) is 0 Å². The molecule has 0 radical (unpaired) electrons. The third kappa shape index (κ3) is 2.94. The number of nitrogens with zero attached hydrogens (tertiary/aromatic N) is 1. The summed E-state index contributed by atoms with van der Waals surface area (Å²) >= 11 is 2.94. The molecule has 7 atom stereocenters. The number of esters is 1. The molecule has 3 fully saturated rings. The normalized spacial score (nSPS) is 33.8. The summed E-state index contributed by atoms with van der Waals surface area (Å²) in [5.74, 6) is -1.48. The molecule has 1 aromatic heterocycles. The second-order valence-corrected chi connectivity index (χ2v) is 11.6. The highest BCUT2D eigenvalue weighted by Crippen LogP contribution is 2.68. The highest BCUT2D eigenvalue weighted by molar-refractivity contribution is 8.00. The molecule has 7 nitrogen and oxygen atoms in total. The van der Waals surface area contributed by atoms with Crippen LogP contribution in [0.2, 0.25) is 0 Å². The zero-order chi connectivity index (χ0) is 23.0. The Bertz CT molecular complexity index is 1240. The van der Waals surface area contributed by atoms with Crippen molar-refractivity contribution in [2.45, 2.75) is 36.5 Å². The van der Waals surface area contributed by atoms with E-state index in [1.54, 1.807) is 18.7 Å². The molecule has 1 aromatic carbocycles. The van der Waals surface area contributed by atoms with Crippen molar-refractivity contribution in [2.75, 3.05) is 13.2 Å². The number of hydrogen-bond donors (Lipinski definition) is 1. The van der Waals surface area contributed by atoms with Crippen molar-refractivity contribution < 1.29 is 19.1 Å². The third-order valence-electron chi connectivity index (χ3n) is 7.93. The number of aromatic nitrogens is 1. The number of likely N-dealkylation sites (tertiary alicyclic amines) is 1. The SMILES string of the molecule is CCOC(=O)CN1C(=O)C2C3CC(C2C1=O)C1C(c2ccccc2C)c2sc(=O)[nH]c2SC31. The van der Waals surface area contributed by atoms with Gasteiger partial charge in [0.1, 0.15) is 6.54 Å². The maximum atomic E-state index is 13.4. The fraction of sp³-hybridized carbons (Fsp3) is 0.500. The summed E-state index contributed by atoms with van der Waals surface area (Å²) in [5, 5.41) is 1.06. The summed E-state index contributed by atoms with van der Waals surface area (Å²) in [6.45, 7) is 3.70. The summed E-state index contributed by atoms with van der Waals surface area (Å²) in [6.07, 6.45) is 0.837. The van der Waals surface area contributed by atoms with Crippen LogP contribution < -0.4 is 4.87 Å². The first kappa shape index (κ1) is 21.2. The monoisotopic (exact) mass is 484 g/mol. The van der Waals surface area contributed by atoms with Gasteiger partial charge in [-0.05, 0) is 49.1 Å². The number of aryl methyl sites for hydroxylation is 1. The minimum absolute atomic E-state index is 0.0226. The van der Waals surface area contributed by atoms with Gasteiger partial charge in [0.05, 0.1) is 23.5 Å². The van der Waals surface area contributed by atoms with E-state index < -0.39 is 5.97 Å². The second kappa shape index (κ2) is 7.56. The number of amides is 2. The standard InChI is InChI=1S/C24H24N2O5S2/c1-3-31-14(27)9-26-22(28)17-12-8-13(18(17)23(26)29)19-16(12)15(11-7-5-4-6-10(11)2)20-21(32-19)25-24(30)33-20/h4-7,12-13,15-19H,3,8-9H2,1-2H3,(H,25,30). The first-order chi connectivity index (χ1) is 15.9. The second-order valence-electron chi connectivity index (χ2n) is 9.38. The van der Waals surface area contributed by atoms with E-state index in [0.29, 0.717) is 0 Å². The molecule has 2 saturated carbocycles.